The molecule has 2 fully saturated rings. The molecule has 36 heavy (non-hydrogen) atoms. The number of thioether (sulfide) groups is 1. The maximum absolute atomic E-state index is 12.9. The van der Waals surface area contributed by atoms with Crippen LogP contribution in [-0.2, 0) is 19.4 Å². The summed E-state index contributed by atoms with van der Waals surface area (Å²) in [4.78, 5) is 21.3. The normalized spacial score (nSPS) is 21.6. The molecule has 2 aromatic carbocycles. The Kier molecular flexibility index (Phi) is 8.49. The van der Waals surface area contributed by atoms with Crippen molar-refractivity contribution >= 4 is 55.0 Å². The molecule has 4 rings (SSSR count). The van der Waals surface area contributed by atoms with Crippen LogP contribution in [0.2, 0.25) is 5.02 Å². The van der Waals surface area contributed by atoms with Gasteiger partial charge in [0.25, 0.3) is 0 Å². The van der Waals surface area contributed by atoms with E-state index in [1.165, 1.54) is 0 Å². The van der Waals surface area contributed by atoms with Crippen LogP contribution in [-0.4, -0.2) is 74.2 Å². The lowest BCUT2D eigenvalue weighted by molar-refractivity contribution is -0.132. The first-order chi connectivity index (χ1) is 17.2. The predicted molar refractivity (Wildman–Crippen MR) is 146 cm³/mol. The van der Waals surface area contributed by atoms with E-state index in [2.05, 4.69) is 4.99 Å². The van der Waals surface area contributed by atoms with Crippen LogP contribution in [0.4, 0.5) is 0 Å². The number of amidine groups is 1. The molecule has 2 aliphatic rings. The largest absolute Gasteiger partial charge is 0.484 e. The van der Waals surface area contributed by atoms with Gasteiger partial charge in [0.2, 0.25) is 5.91 Å². The number of ether oxygens (including phenoxy) is 1. The van der Waals surface area contributed by atoms with Gasteiger partial charge in [-0.15, -0.1) is 0 Å². The number of sulfone groups is 1. The molecule has 2 N–H and O–H groups in total. The summed E-state index contributed by atoms with van der Waals surface area (Å²) in [6, 6.07) is 10.3. The highest BCUT2D eigenvalue weighted by atomic mass is 35.5. The molecule has 11 heteroatoms. The van der Waals surface area contributed by atoms with Crippen molar-refractivity contribution in [1.82, 2.24) is 9.80 Å². The lowest BCUT2D eigenvalue weighted by Gasteiger charge is -2.34. The lowest BCUT2D eigenvalue weighted by atomic mass is 9.91. The number of nitrogens with two attached hydrogens (primary N) is 1. The molecule has 0 aliphatic carbocycles. The number of rotatable bonds is 7. The smallest absolute Gasteiger partial charge is 0.223 e. The molecule has 2 saturated heterocycles. The lowest BCUT2D eigenvalue weighted by Crippen LogP contribution is -2.41. The first-order valence-corrected chi connectivity index (χ1v) is 14.7. The van der Waals surface area contributed by atoms with Crippen LogP contribution >= 0.6 is 23.4 Å². The molecule has 0 spiro atoms. The van der Waals surface area contributed by atoms with Crippen molar-refractivity contribution in [1.29, 1.82) is 0 Å². The van der Waals surface area contributed by atoms with Gasteiger partial charge in [0.15, 0.2) is 15.0 Å². The molecule has 2 aromatic rings. The van der Waals surface area contributed by atoms with Crippen molar-refractivity contribution < 1.29 is 17.9 Å². The third-order valence-electron chi connectivity index (χ3n) is 6.73. The minimum absolute atomic E-state index is 0.0330. The van der Waals surface area contributed by atoms with Gasteiger partial charge in [0.05, 0.1) is 21.6 Å². The average Bonchev–Trinajstić information content (AvgIpc) is 3.20. The molecule has 0 radical (unpaired) electrons. The van der Waals surface area contributed by atoms with Crippen LogP contribution in [0, 0.1) is 5.92 Å². The number of hydrogen-bond acceptors (Lipinski definition) is 7. The van der Waals surface area contributed by atoms with E-state index >= 15 is 0 Å². The number of amides is 1. The maximum atomic E-state index is 12.9. The highest BCUT2D eigenvalue weighted by Crippen LogP contribution is 2.41. The Hall–Kier alpha value is -2.27. The van der Waals surface area contributed by atoms with Gasteiger partial charge in [0, 0.05) is 38.6 Å². The number of benzene rings is 2. The Morgan fingerprint density at radius 3 is 2.61 bits per heavy atom. The van der Waals surface area contributed by atoms with Crippen molar-refractivity contribution in [3.05, 3.63) is 53.4 Å². The minimum Gasteiger partial charge on any atom is -0.484 e. The van der Waals surface area contributed by atoms with E-state index in [0.717, 1.165) is 34.5 Å². The number of aliphatic imine (C=N–C) groups is 1. The number of carbonyl (C=O) groups excluding carboxylic acids is 1. The van der Waals surface area contributed by atoms with Crippen molar-refractivity contribution in [2.24, 2.45) is 16.6 Å². The Morgan fingerprint density at radius 1 is 1.22 bits per heavy atom. The Balaban J connectivity index is 1.34. The standard InChI is InChI=1S/C25H31ClN4O4S2/c1-28-25-29(2)22(15-34-16-27)24(35-25)17-7-10-30(11-8-17)23(31)9-12-36(32,33)21-6-4-18-13-20(26)5-3-19(18)14-21/h3-6,13-15,17,24H,7-12,16,27H2,1-2H3/b22-15-,28-25-. The zero-order chi connectivity index (χ0) is 25.9. The summed E-state index contributed by atoms with van der Waals surface area (Å²) in [5, 5.41) is 3.37. The summed E-state index contributed by atoms with van der Waals surface area (Å²) in [6.07, 6.45) is 3.33. The minimum atomic E-state index is -3.58. The van der Waals surface area contributed by atoms with Gasteiger partial charge in [-0.2, -0.15) is 0 Å². The highest BCUT2D eigenvalue weighted by molar-refractivity contribution is 8.14. The molecular weight excluding hydrogens is 520 g/mol. The molecule has 2 heterocycles. The van der Waals surface area contributed by atoms with Crippen molar-refractivity contribution in [2.45, 2.75) is 29.4 Å². The highest BCUT2D eigenvalue weighted by Gasteiger charge is 2.39. The second-order valence-corrected chi connectivity index (χ2v) is 12.6. The van der Waals surface area contributed by atoms with Crippen LogP contribution in [0.5, 0.6) is 0 Å². The van der Waals surface area contributed by atoms with E-state index in [1.54, 1.807) is 66.4 Å². The topological polar surface area (TPSA) is 105 Å². The van der Waals surface area contributed by atoms with Crippen LogP contribution in [0.25, 0.3) is 10.8 Å². The molecule has 2 aliphatic heterocycles. The molecule has 1 amide bonds. The van der Waals surface area contributed by atoms with Crippen LogP contribution < -0.4 is 5.73 Å². The number of hydrogen-bond donors (Lipinski definition) is 1. The molecule has 8 nitrogen and oxygen atoms in total. The van der Waals surface area contributed by atoms with Gasteiger partial charge >= 0.3 is 0 Å². The maximum Gasteiger partial charge on any atom is 0.223 e. The number of halogens is 1. The van der Waals surface area contributed by atoms with Gasteiger partial charge in [-0.1, -0.05) is 35.5 Å². The Morgan fingerprint density at radius 2 is 1.92 bits per heavy atom. The number of carbonyl (C=O) groups is 1. The quantitative estimate of drug-likeness (QED) is 0.414. The molecular formula is C25H31ClN4O4S2. The van der Waals surface area contributed by atoms with Crippen molar-refractivity contribution in [3.63, 3.8) is 0 Å². The first-order valence-electron chi connectivity index (χ1n) is 11.8. The second kappa shape index (κ2) is 11.4. The fraction of sp³-hybridized carbons (Fsp3) is 0.440. The van der Waals surface area contributed by atoms with Crippen molar-refractivity contribution in [2.75, 3.05) is 39.7 Å². The zero-order valence-electron chi connectivity index (χ0n) is 20.4. The first kappa shape index (κ1) is 26.8. The van der Waals surface area contributed by atoms with E-state index < -0.39 is 9.84 Å². The summed E-state index contributed by atoms with van der Waals surface area (Å²) in [6.45, 7) is 1.31. The van der Waals surface area contributed by atoms with Gasteiger partial charge in [-0.3, -0.25) is 15.5 Å². The SMILES string of the molecule is C/N=C1\SC(C2CCN(C(=O)CCS(=O)(=O)c3ccc4cc(Cl)ccc4c3)CC2)/C(=C/OCN)N1C. The van der Waals surface area contributed by atoms with Crippen LogP contribution in [0.1, 0.15) is 19.3 Å². The van der Waals surface area contributed by atoms with Gasteiger partial charge in [-0.25, -0.2) is 8.42 Å². The molecule has 0 saturated carbocycles. The zero-order valence-corrected chi connectivity index (χ0v) is 22.8. The number of fused-ring (bicyclic) bond motifs is 1. The molecule has 0 aromatic heterocycles. The average molecular weight is 551 g/mol. The monoisotopic (exact) mass is 550 g/mol. The molecule has 1 atom stereocenters. The molecule has 194 valence electrons. The summed E-state index contributed by atoms with van der Waals surface area (Å²) >= 11 is 7.72. The van der Waals surface area contributed by atoms with Crippen LogP contribution in [0.15, 0.2) is 58.2 Å². The summed E-state index contributed by atoms with van der Waals surface area (Å²) < 4.78 is 31.2. The van der Waals surface area contributed by atoms with E-state index in [4.69, 9.17) is 22.1 Å². The second-order valence-electron chi connectivity index (χ2n) is 8.92. The van der Waals surface area contributed by atoms with Gasteiger partial charge < -0.3 is 14.5 Å². The number of likely N-dealkylation sites (tertiary alicyclic amines) is 1. The fourth-order valence-corrected chi connectivity index (χ4v) is 7.55. The summed E-state index contributed by atoms with van der Waals surface area (Å²) in [5.74, 6) is 0.00959. The van der Waals surface area contributed by atoms with E-state index in [1.807, 2.05) is 11.9 Å². The third-order valence-corrected chi connectivity index (χ3v) is 10.2. The summed E-state index contributed by atoms with van der Waals surface area (Å²) in [5.41, 5.74) is 6.53. The van der Waals surface area contributed by atoms with Crippen LogP contribution in [0.3, 0.4) is 0 Å². The van der Waals surface area contributed by atoms with E-state index in [-0.39, 0.29) is 35.0 Å². The summed E-state index contributed by atoms with van der Waals surface area (Å²) in [7, 11) is 0.148. The Labute approximate surface area is 221 Å². The van der Waals surface area contributed by atoms with Gasteiger partial charge in [0.1, 0.15) is 13.0 Å². The third kappa shape index (κ3) is 5.82. The molecule has 1 unspecified atom stereocenters. The van der Waals surface area contributed by atoms with E-state index in [0.29, 0.717) is 24.0 Å². The Bertz CT molecular complexity index is 1290. The van der Waals surface area contributed by atoms with Crippen molar-refractivity contribution in [3.8, 4) is 0 Å². The number of piperidine rings is 1. The predicted octanol–water partition coefficient (Wildman–Crippen LogP) is 3.70. The number of nitrogens with zero attached hydrogens (tertiary/aromatic N) is 3. The van der Waals surface area contributed by atoms with E-state index in [9.17, 15) is 13.2 Å². The van der Waals surface area contributed by atoms with Gasteiger partial charge in [-0.05, 0) is 53.8 Å². The fourth-order valence-electron chi connectivity index (χ4n) is 4.71. The molecule has 0 bridgehead atoms.